The fourth-order valence-electron chi connectivity index (χ4n) is 0.740. The Morgan fingerprint density at radius 2 is 2.55 bits per heavy atom. The average molecular weight is 153 g/mol. The van der Waals surface area contributed by atoms with Crippen LogP contribution in [0.25, 0.3) is 6.08 Å². The summed E-state index contributed by atoms with van der Waals surface area (Å²) in [5.41, 5.74) is 1.71. The zero-order valence-corrected chi connectivity index (χ0v) is 6.66. The molecule has 0 saturated heterocycles. The normalized spacial score (nSPS) is 12.1. The third-order valence-electron chi connectivity index (χ3n) is 1.28. The predicted molar refractivity (Wildman–Crippen MR) is 42.0 cm³/mol. The van der Waals surface area contributed by atoms with Crippen molar-refractivity contribution in [1.82, 2.24) is 5.16 Å². The Morgan fingerprint density at radius 1 is 1.82 bits per heavy atom. The maximum absolute atomic E-state index is 8.67. The van der Waals surface area contributed by atoms with Crippen LogP contribution in [0.1, 0.15) is 18.4 Å². The average Bonchev–Trinajstić information content (AvgIpc) is 2.35. The molecule has 0 bridgehead atoms. The van der Waals surface area contributed by atoms with Gasteiger partial charge in [0.2, 0.25) is 0 Å². The molecule has 0 aliphatic heterocycles. The number of rotatable bonds is 2. The summed E-state index contributed by atoms with van der Waals surface area (Å²) in [7, 11) is 0. The van der Waals surface area contributed by atoms with Crippen LogP contribution in [0.3, 0.4) is 0 Å². The molecule has 0 unspecified atom stereocenters. The predicted octanol–water partition coefficient (Wildman–Crippen LogP) is 1.38. The van der Waals surface area contributed by atoms with Gasteiger partial charge in [-0.3, -0.25) is 0 Å². The van der Waals surface area contributed by atoms with Gasteiger partial charge in [-0.05, 0) is 25.5 Å². The van der Waals surface area contributed by atoms with Crippen LogP contribution in [0.5, 0.6) is 0 Å². The molecule has 11 heavy (non-hydrogen) atoms. The van der Waals surface area contributed by atoms with Crippen LogP contribution in [0.15, 0.2) is 16.2 Å². The van der Waals surface area contributed by atoms with Gasteiger partial charge >= 0.3 is 0 Å². The minimum Gasteiger partial charge on any atom is -0.392 e. The maximum atomic E-state index is 8.67. The van der Waals surface area contributed by atoms with Crippen molar-refractivity contribution >= 4 is 6.08 Å². The second kappa shape index (κ2) is 3.34. The number of nitrogens with zero attached hydrogens (tertiary/aromatic N) is 1. The summed E-state index contributed by atoms with van der Waals surface area (Å²) in [5.74, 6) is 0.689. The van der Waals surface area contributed by atoms with Crippen LogP contribution in [0, 0.1) is 6.92 Å². The van der Waals surface area contributed by atoms with E-state index in [0.29, 0.717) is 5.76 Å². The van der Waals surface area contributed by atoms with Crippen molar-refractivity contribution in [3.8, 4) is 0 Å². The molecular weight excluding hydrogens is 142 g/mol. The third-order valence-corrected chi connectivity index (χ3v) is 1.28. The molecule has 1 aromatic heterocycles. The number of aliphatic hydroxyl groups excluding tert-OH is 1. The molecular formula is C8H11NO2. The zero-order chi connectivity index (χ0) is 8.27. The van der Waals surface area contributed by atoms with Crippen molar-refractivity contribution < 1.29 is 9.63 Å². The topological polar surface area (TPSA) is 46.3 Å². The van der Waals surface area contributed by atoms with Gasteiger partial charge in [-0.1, -0.05) is 5.16 Å². The smallest absolute Gasteiger partial charge is 0.159 e. The van der Waals surface area contributed by atoms with E-state index in [4.69, 9.17) is 9.63 Å². The molecule has 1 aromatic rings. The summed E-state index contributed by atoms with van der Waals surface area (Å²) in [6.45, 7) is 3.74. The number of hydrogen-bond acceptors (Lipinski definition) is 3. The van der Waals surface area contributed by atoms with Gasteiger partial charge < -0.3 is 9.63 Å². The molecule has 0 amide bonds. The van der Waals surface area contributed by atoms with Crippen molar-refractivity contribution in [2.24, 2.45) is 0 Å². The van der Waals surface area contributed by atoms with Gasteiger partial charge in [0.15, 0.2) is 5.76 Å². The highest BCUT2D eigenvalue weighted by molar-refractivity contribution is 5.46. The Balaban J connectivity index is 2.78. The first-order valence-electron chi connectivity index (χ1n) is 3.43. The Labute approximate surface area is 65.3 Å². The van der Waals surface area contributed by atoms with Crippen LogP contribution in [0.4, 0.5) is 0 Å². The first-order valence-corrected chi connectivity index (χ1v) is 3.43. The van der Waals surface area contributed by atoms with Crippen LogP contribution in [-0.2, 0) is 0 Å². The monoisotopic (exact) mass is 153 g/mol. The molecule has 1 N–H and O–H groups in total. The van der Waals surface area contributed by atoms with Crippen LogP contribution in [-0.4, -0.2) is 16.9 Å². The van der Waals surface area contributed by atoms with Gasteiger partial charge in [-0.2, -0.15) is 0 Å². The van der Waals surface area contributed by atoms with Crippen LogP contribution in [0.2, 0.25) is 0 Å². The minimum absolute atomic E-state index is 0.0553. The van der Waals surface area contributed by atoms with Crippen molar-refractivity contribution in [2.75, 3.05) is 6.61 Å². The highest BCUT2D eigenvalue weighted by atomic mass is 16.5. The molecule has 1 heterocycles. The summed E-state index contributed by atoms with van der Waals surface area (Å²) in [6.07, 6.45) is 1.76. The van der Waals surface area contributed by atoms with Gasteiger partial charge in [0, 0.05) is 6.07 Å². The summed E-state index contributed by atoms with van der Waals surface area (Å²) in [6, 6.07) is 1.82. The van der Waals surface area contributed by atoms with Gasteiger partial charge in [0.25, 0.3) is 0 Å². The van der Waals surface area contributed by atoms with Crippen molar-refractivity contribution in [1.29, 1.82) is 0 Å². The van der Waals surface area contributed by atoms with Gasteiger partial charge in [-0.15, -0.1) is 0 Å². The molecule has 1 rings (SSSR count). The van der Waals surface area contributed by atoms with E-state index in [9.17, 15) is 0 Å². The maximum Gasteiger partial charge on any atom is 0.159 e. The van der Waals surface area contributed by atoms with E-state index in [1.54, 1.807) is 6.08 Å². The van der Waals surface area contributed by atoms with E-state index in [1.807, 2.05) is 19.9 Å². The van der Waals surface area contributed by atoms with Crippen molar-refractivity contribution in [3.05, 3.63) is 23.1 Å². The second-order valence-electron chi connectivity index (χ2n) is 2.52. The highest BCUT2D eigenvalue weighted by Crippen LogP contribution is 2.07. The van der Waals surface area contributed by atoms with Crippen molar-refractivity contribution in [3.63, 3.8) is 0 Å². The largest absolute Gasteiger partial charge is 0.392 e. The Kier molecular flexibility index (Phi) is 2.44. The molecule has 0 aliphatic carbocycles. The third kappa shape index (κ3) is 2.20. The first kappa shape index (κ1) is 8.01. The van der Waals surface area contributed by atoms with Crippen molar-refractivity contribution in [2.45, 2.75) is 13.8 Å². The molecule has 0 aromatic carbocycles. The number of aromatic nitrogens is 1. The van der Waals surface area contributed by atoms with E-state index in [1.165, 1.54) is 0 Å². The highest BCUT2D eigenvalue weighted by Gasteiger charge is 1.95. The Bertz CT molecular complexity index is 263. The van der Waals surface area contributed by atoms with E-state index < -0.39 is 0 Å². The summed E-state index contributed by atoms with van der Waals surface area (Å²) in [4.78, 5) is 0. The van der Waals surface area contributed by atoms with Gasteiger partial charge in [-0.25, -0.2) is 0 Å². The van der Waals surface area contributed by atoms with Gasteiger partial charge in [0.05, 0.1) is 12.3 Å². The molecule has 3 nitrogen and oxygen atoms in total. The Morgan fingerprint density at radius 3 is 3.00 bits per heavy atom. The quantitative estimate of drug-likeness (QED) is 0.698. The lowest BCUT2D eigenvalue weighted by molar-refractivity contribution is 0.332. The lowest BCUT2D eigenvalue weighted by atomic mass is 10.2. The summed E-state index contributed by atoms with van der Waals surface area (Å²) in [5, 5.41) is 12.4. The Hall–Kier alpha value is -1.09. The van der Waals surface area contributed by atoms with E-state index in [2.05, 4.69) is 5.16 Å². The molecule has 60 valence electrons. The van der Waals surface area contributed by atoms with Crippen LogP contribution < -0.4 is 0 Å². The van der Waals surface area contributed by atoms with Crippen LogP contribution >= 0.6 is 0 Å². The lowest BCUT2D eigenvalue weighted by Gasteiger charge is -1.88. The standard InChI is InChI=1S/C8H11NO2/c1-6(5-10)3-8-4-7(2)9-11-8/h3-4,10H,5H2,1-2H3/b6-3+. The van der Waals surface area contributed by atoms with E-state index in [-0.39, 0.29) is 6.61 Å². The van der Waals surface area contributed by atoms with Gasteiger partial charge in [0.1, 0.15) is 0 Å². The molecule has 0 aliphatic rings. The molecule has 0 fully saturated rings. The summed E-state index contributed by atoms with van der Waals surface area (Å²) < 4.78 is 4.90. The minimum atomic E-state index is 0.0553. The zero-order valence-electron chi connectivity index (χ0n) is 6.66. The molecule has 0 spiro atoms. The molecule has 0 saturated carbocycles. The second-order valence-corrected chi connectivity index (χ2v) is 2.52. The molecule has 0 atom stereocenters. The first-order chi connectivity index (χ1) is 5.22. The fourth-order valence-corrected chi connectivity index (χ4v) is 0.740. The summed E-state index contributed by atoms with van der Waals surface area (Å²) >= 11 is 0. The lowest BCUT2D eigenvalue weighted by Crippen LogP contribution is -1.81. The molecule has 0 radical (unpaired) electrons. The SMILES string of the molecule is C/C(=C\c1cc(C)no1)CO. The number of hydrogen-bond donors (Lipinski definition) is 1. The fraction of sp³-hybridized carbons (Fsp3) is 0.375. The van der Waals surface area contributed by atoms with E-state index >= 15 is 0 Å². The number of aryl methyl sites for hydroxylation is 1. The number of aliphatic hydroxyl groups is 1. The van der Waals surface area contributed by atoms with E-state index in [0.717, 1.165) is 11.3 Å². The molecule has 3 heteroatoms.